The summed E-state index contributed by atoms with van der Waals surface area (Å²) in [6, 6.07) is 59.2. The maximum Gasteiger partial charge on any atom is 0.0552 e. The van der Waals surface area contributed by atoms with E-state index in [9.17, 15) is 0 Å². The van der Waals surface area contributed by atoms with Gasteiger partial charge in [-0.3, -0.25) is 0 Å². The molecule has 0 saturated heterocycles. The van der Waals surface area contributed by atoms with Crippen molar-refractivity contribution in [3.8, 4) is 11.1 Å². The second kappa shape index (κ2) is 9.66. The van der Waals surface area contributed by atoms with Crippen LogP contribution in [0, 0.1) is 0 Å². The number of para-hydroxylation sites is 1. The number of rotatable bonds is 4. The first-order valence-electron chi connectivity index (χ1n) is 14.1. The van der Waals surface area contributed by atoms with Crippen LogP contribution in [0.1, 0.15) is 0 Å². The van der Waals surface area contributed by atoms with Gasteiger partial charge in [-0.25, -0.2) is 0 Å². The second-order valence-corrected chi connectivity index (χ2v) is 10.6. The monoisotopic (exact) mass is 521 g/mol. The fourth-order valence-corrected chi connectivity index (χ4v) is 6.30. The molecule has 0 N–H and O–H groups in total. The minimum absolute atomic E-state index is 1.13. The summed E-state index contributed by atoms with van der Waals surface area (Å²) in [7, 11) is 0. The summed E-state index contributed by atoms with van der Waals surface area (Å²) in [6.07, 6.45) is 0. The van der Waals surface area contributed by atoms with Gasteiger partial charge in [-0.15, -0.1) is 0 Å². The summed E-state index contributed by atoms with van der Waals surface area (Å²) in [4.78, 5) is 2.41. The van der Waals surface area contributed by atoms with Crippen molar-refractivity contribution in [3.63, 3.8) is 0 Å². The van der Waals surface area contributed by atoms with Crippen LogP contribution in [0.3, 0.4) is 0 Å². The van der Waals surface area contributed by atoms with Crippen molar-refractivity contribution in [2.24, 2.45) is 0 Å². The molecule has 0 aliphatic carbocycles. The van der Waals surface area contributed by atoms with Gasteiger partial charge in [0.1, 0.15) is 0 Å². The summed E-state index contributed by atoms with van der Waals surface area (Å²) in [5, 5.41) is 10.1. The zero-order valence-corrected chi connectivity index (χ0v) is 22.5. The van der Waals surface area contributed by atoms with Crippen molar-refractivity contribution in [2.45, 2.75) is 0 Å². The van der Waals surface area contributed by atoms with Gasteiger partial charge in [-0.2, -0.15) is 0 Å². The van der Waals surface area contributed by atoms with Gasteiger partial charge >= 0.3 is 0 Å². The van der Waals surface area contributed by atoms with Crippen molar-refractivity contribution in [3.05, 3.63) is 164 Å². The van der Waals surface area contributed by atoms with Gasteiger partial charge in [-0.05, 0) is 79.2 Å². The Labute approximate surface area is 239 Å². The second-order valence-electron chi connectivity index (χ2n) is 10.6. The van der Waals surface area contributed by atoms with E-state index in [4.69, 9.17) is 0 Å². The van der Waals surface area contributed by atoms with Gasteiger partial charge in [0.25, 0.3) is 0 Å². The van der Waals surface area contributed by atoms with E-state index < -0.39 is 0 Å². The zero-order valence-electron chi connectivity index (χ0n) is 22.5. The molecule has 0 saturated carbocycles. The molecule has 41 heavy (non-hydrogen) atoms. The molecule has 0 spiro atoms. The van der Waals surface area contributed by atoms with Gasteiger partial charge in [0.05, 0.1) is 5.69 Å². The van der Waals surface area contributed by atoms with Crippen LogP contribution < -0.4 is 4.90 Å². The van der Waals surface area contributed by atoms with Crippen LogP contribution in [0.15, 0.2) is 164 Å². The van der Waals surface area contributed by atoms with Crippen LogP contribution in [0.25, 0.3) is 54.2 Å². The van der Waals surface area contributed by atoms with Gasteiger partial charge in [0.2, 0.25) is 0 Å². The first-order chi connectivity index (χ1) is 20.3. The molecule has 0 atom stereocenters. The number of hydrogen-bond donors (Lipinski definition) is 0. The molecule has 0 aliphatic rings. The normalized spacial score (nSPS) is 11.4. The van der Waals surface area contributed by atoms with Crippen molar-refractivity contribution in [1.82, 2.24) is 0 Å². The van der Waals surface area contributed by atoms with Crippen molar-refractivity contribution >= 4 is 60.2 Å². The molecule has 0 fully saturated rings. The highest BCUT2D eigenvalue weighted by molar-refractivity contribution is 6.28. The number of hydrogen-bond acceptors (Lipinski definition) is 1. The lowest BCUT2D eigenvalue weighted by atomic mass is 9.91. The number of benzene rings is 8. The van der Waals surface area contributed by atoms with Crippen LogP contribution in [-0.2, 0) is 0 Å². The zero-order chi connectivity index (χ0) is 27.2. The van der Waals surface area contributed by atoms with Crippen LogP contribution >= 0.6 is 0 Å². The van der Waals surface area contributed by atoms with Gasteiger partial charge in [-0.1, -0.05) is 133 Å². The van der Waals surface area contributed by atoms with E-state index in [1.54, 1.807) is 0 Å². The topological polar surface area (TPSA) is 3.24 Å². The molecule has 8 rings (SSSR count). The summed E-state index contributed by atoms with van der Waals surface area (Å²) in [5.74, 6) is 0. The molecule has 1 nitrogen and oxygen atoms in total. The Bertz CT molecular complexity index is 2180. The van der Waals surface area contributed by atoms with E-state index >= 15 is 0 Å². The molecule has 8 aromatic rings. The first kappa shape index (κ1) is 23.5. The van der Waals surface area contributed by atoms with Crippen molar-refractivity contribution < 1.29 is 0 Å². The van der Waals surface area contributed by atoms with Crippen molar-refractivity contribution in [1.29, 1.82) is 0 Å². The fourth-order valence-electron chi connectivity index (χ4n) is 6.30. The third-order valence-corrected chi connectivity index (χ3v) is 8.20. The van der Waals surface area contributed by atoms with Crippen molar-refractivity contribution in [2.75, 3.05) is 4.90 Å². The first-order valence-corrected chi connectivity index (χ1v) is 14.1. The number of nitrogens with zero attached hydrogens (tertiary/aromatic N) is 1. The predicted molar refractivity (Wildman–Crippen MR) is 177 cm³/mol. The van der Waals surface area contributed by atoms with Crippen LogP contribution in [0.5, 0.6) is 0 Å². The minimum atomic E-state index is 1.13. The Hall–Kier alpha value is -5.40. The molecule has 8 aromatic carbocycles. The molecule has 0 heterocycles. The van der Waals surface area contributed by atoms with E-state index in [0.717, 1.165) is 11.4 Å². The molecule has 0 bridgehead atoms. The molecule has 0 aromatic heterocycles. The largest absolute Gasteiger partial charge is 0.310 e. The summed E-state index contributed by atoms with van der Waals surface area (Å²) in [6.45, 7) is 0. The van der Waals surface area contributed by atoms with E-state index in [2.05, 4.69) is 169 Å². The highest BCUT2D eigenvalue weighted by atomic mass is 15.1. The maximum atomic E-state index is 2.41. The summed E-state index contributed by atoms with van der Waals surface area (Å²) >= 11 is 0. The van der Waals surface area contributed by atoms with Gasteiger partial charge in [0, 0.05) is 16.8 Å². The minimum Gasteiger partial charge on any atom is -0.310 e. The molecule has 0 unspecified atom stereocenters. The number of fused-ring (bicyclic) bond motifs is 7. The Morgan fingerprint density at radius 1 is 0.317 bits per heavy atom. The lowest BCUT2D eigenvalue weighted by molar-refractivity contribution is 1.30. The Balaban J connectivity index is 1.47. The average Bonchev–Trinajstić information content (AvgIpc) is 3.05. The van der Waals surface area contributed by atoms with Crippen LogP contribution in [-0.4, -0.2) is 0 Å². The Morgan fingerprint density at radius 2 is 0.829 bits per heavy atom. The van der Waals surface area contributed by atoms with Crippen LogP contribution in [0.2, 0.25) is 0 Å². The van der Waals surface area contributed by atoms with E-state index in [0.29, 0.717) is 0 Å². The quantitative estimate of drug-likeness (QED) is 0.208. The third kappa shape index (κ3) is 3.94. The smallest absolute Gasteiger partial charge is 0.0552 e. The summed E-state index contributed by atoms with van der Waals surface area (Å²) < 4.78 is 0. The molecular formula is C40H27N. The average molecular weight is 522 g/mol. The van der Waals surface area contributed by atoms with Crippen LogP contribution in [0.4, 0.5) is 17.1 Å². The highest BCUT2D eigenvalue weighted by Gasteiger charge is 2.20. The molecule has 192 valence electrons. The van der Waals surface area contributed by atoms with Gasteiger partial charge in [0.15, 0.2) is 0 Å². The highest BCUT2D eigenvalue weighted by Crippen LogP contribution is 2.46. The molecule has 0 aliphatic heterocycles. The predicted octanol–water partition coefficient (Wildman–Crippen LogP) is 11.4. The molecular weight excluding hydrogens is 494 g/mol. The SMILES string of the molecule is c1ccc(-c2ccc(N(c3ccccc3)c3cc4ccc5ccccc5c4c4ccc5ccccc5c34)cc2)cc1. The lowest BCUT2D eigenvalue weighted by Gasteiger charge is -2.28. The molecule has 1 heteroatoms. The molecule has 0 radical (unpaired) electrons. The standard InChI is InChI=1S/C40H27N/c1-3-11-28(12-4-1)29-21-24-34(25-22-29)41(33-15-5-2-6-16-33)38-27-32-20-19-30-13-7-9-17-35(30)39(32)37-26-23-31-14-8-10-18-36(31)40(37)38/h1-27H. The third-order valence-electron chi connectivity index (χ3n) is 8.20. The fraction of sp³-hybridized carbons (Fsp3) is 0. The maximum absolute atomic E-state index is 2.41. The van der Waals surface area contributed by atoms with E-state index in [1.807, 2.05) is 0 Å². The molecule has 0 amide bonds. The van der Waals surface area contributed by atoms with E-state index in [-0.39, 0.29) is 0 Å². The number of anilines is 3. The summed E-state index contributed by atoms with van der Waals surface area (Å²) in [5.41, 5.74) is 5.87. The Kier molecular flexibility index (Phi) is 5.53. The van der Waals surface area contributed by atoms with E-state index in [1.165, 1.54) is 59.9 Å². The lowest BCUT2D eigenvalue weighted by Crippen LogP contribution is -2.10. The Morgan fingerprint density at radius 3 is 1.54 bits per heavy atom. The van der Waals surface area contributed by atoms with Gasteiger partial charge < -0.3 is 4.90 Å².